The molecule has 0 aromatic heterocycles. The zero-order valence-corrected chi connectivity index (χ0v) is 9.87. The molecule has 0 aliphatic carbocycles. The molecule has 0 saturated carbocycles. The van der Waals surface area contributed by atoms with Gasteiger partial charge in [-0.3, -0.25) is 0 Å². The van der Waals surface area contributed by atoms with Crippen LogP contribution in [-0.2, 0) is 9.05 Å². The van der Waals surface area contributed by atoms with Crippen LogP contribution >= 0.6 is 22.3 Å². The lowest BCUT2D eigenvalue weighted by molar-refractivity contribution is 0.403. The van der Waals surface area contributed by atoms with Crippen LogP contribution in [-0.4, -0.2) is 15.5 Å². The summed E-state index contributed by atoms with van der Waals surface area (Å²) < 4.78 is 27.1. The van der Waals surface area contributed by atoms with Crippen molar-refractivity contribution in [1.29, 1.82) is 0 Å². The van der Waals surface area contributed by atoms with Gasteiger partial charge in [-0.1, -0.05) is 17.7 Å². The van der Waals surface area contributed by atoms with Crippen LogP contribution in [0.2, 0.25) is 5.02 Å². The van der Waals surface area contributed by atoms with Crippen LogP contribution in [0.5, 0.6) is 5.75 Å². The Hall–Kier alpha value is -0.450. The predicted molar refractivity (Wildman–Crippen MR) is 55.8 cm³/mol. The second-order valence-corrected chi connectivity index (χ2v) is 5.58. The minimum atomic E-state index is -3.82. The van der Waals surface area contributed by atoms with Gasteiger partial charge in [-0.15, -0.1) is 0 Å². The molecule has 0 spiro atoms. The molecule has 0 heterocycles. The van der Waals surface area contributed by atoms with Crippen molar-refractivity contribution in [3.05, 3.63) is 22.7 Å². The molecular formula is C8H8Cl2O3S. The second-order valence-electron chi connectivity index (χ2n) is 2.67. The van der Waals surface area contributed by atoms with Crippen LogP contribution in [0.4, 0.5) is 0 Å². The zero-order chi connectivity index (χ0) is 10.9. The smallest absolute Gasteiger partial charge is 0.265 e. The van der Waals surface area contributed by atoms with E-state index in [-0.39, 0.29) is 15.7 Å². The van der Waals surface area contributed by atoms with Crippen LogP contribution in [0.3, 0.4) is 0 Å². The van der Waals surface area contributed by atoms with E-state index in [9.17, 15) is 8.42 Å². The highest BCUT2D eigenvalue weighted by atomic mass is 35.7. The zero-order valence-electron chi connectivity index (χ0n) is 7.54. The molecule has 0 aliphatic rings. The monoisotopic (exact) mass is 254 g/mol. The Kier molecular flexibility index (Phi) is 3.29. The summed E-state index contributed by atoms with van der Waals surface area (Å²) in [5, 5.41) is 0.259. The lowest BCUT2D eigenvalue weighted by Gasteiger charge is -2.09. The first-order valence-corrected chi connectivity index (χ1v) is 6.34. The van der Waals surface area contributed by atoms with E-state index in [1.807, 2.05) is 0 Å². The largest absolute Gasteiger partial charge is 0.494 e. The summed E-state index contributed by atoms with van der Waals surface area (Å²) >= 11 is 5.86. The van der Waals surface area contributed by atoms with E-state index in [4.69, 9.17) is 27.0 Å². The molecule has 1 rings (SSSR count). The molecule has 1 aromatic rings. The summed E-state index contributed by atoms with van der Waals surface area (Å²) in [7, 11) is 2.72. The number of benzene rings is 1. The molecule has 1 aromatic carbocycles. The van der Waals surface area contributed by atoms with Crippen molar-refractivity contribution in [3.63, 3.8) is 0 Å². The van der Waals surface area contributed by atoms with Gasteiger partial charge in [0.1, 0.15) is 4.90 Å². The molecule has 0 amide bonds. The first-order valence-electron chi connectivity index (χ1n) is 3.65. The summed E-state index contributed by atoms with van der Waals surface area (Å²) in [5.74, 6) is 0.0849. The van der Waals surface area contributed by atoms with Gasteiger partial charge in [-0.25, -0.2) is 8.42 Å². The lowest BCUT2D eigenvalue weighted by Crippen LogP contribution is -1.97. The maximum atomic E-state index is 11.1. The van der Waals surface area contributed by atoms with Crippen LogP contribution in [0, 0.1) is 6.92 Å². The average Bonchev–Trinajstić information content (AvgIpc) is 2.07. The Morgan fingerprint density at radius 2 is 1.93 bits per heavy atom. The average molecular weight is 255 g/mol. The Morgan fingerprint density at radius 3 is 2.36 bits per heavy atom. The molecule has 0 unspecified atom stereocenters. The van der Waals surface area contributed by atoms with Crippen molar-refractivity contribution in [2.75, 3.05) is 7.11 Å². The van der Waals surface area contributed by atoms with Gasteiger partial charge < -0.3 is 4.74 Å². The molecule has 14 heavy (non-hydrogen) atoms. The molecule has 0 atom stereocenters. The third-order valence-corrected chi connectivity index (χ3v) is 3.54. The van der Waals surface area contributed by atoms with E-state index in [1.165, 1.54) is 13.2 Å². The molecule has 0 aliphatic heterocycles. The minimum Gasteiger partial charge on any atom is -0.494 e. The van der Waals surface area contributed by atoms with Gasteiger partial charge >= 0.3 is 0 Å². The highest BCUT2D eigenvalue weighted by molar-refractivity contribution is 8.13. The maximum Gasteiger partial charge on any atom is 0.265 e. The van der Waals surface area contributed by atoms with E-state index in [1.54, 1.807) is 13.0 Å². The first kappa shape index (κ1) is 11.6. The highest BCUT2D eigenvalue weighted by Crippen LogP contribution is 2.35. The minimum absolute atomic E-state index is 0.0849. The summed E-state index contributed by atoms with van der Waals surface area (Å²) in [6, 6.07) is 2.93. The standard InChI is InChI=1S/C8H8Cl2O3S/c1-5-3-4-6(14(10,11)12)8(13-2)7(5)9/h3-4H,1-2H3. The Morgan fingerprint density at radius 1 is 1.36 bits per heavy atom. The summed E-state index contributed by atoms with van der Waals surface area (Å²) in [5.41, 5.74) is 0.729. The fraction of sp³-hybridized carbons (Fsp3) is 0.250. The quantitative estimate of drug-likeness (QED) is 0.763. The van der Waals surface area contributed by atoms with Crippen molar-refractivity contribution in [2.45, 2.75) is 11.8 Å². The lowest BCUT2D eigenvalue weighted by atomic mass is 10.2. The Labute approximate surface area is 92.0 Å². The molecule has 0 N–H and O–H groups in total. The topological polar surface area (TPSA) is 43.4 Å². The third kappa shape index (κ3) is 2.13. The van der Waals surface area contributed by atoms with E-state index >= 15 is 0 Å². The van der Waals surface area contributed by atoms with Crippen LogP contribution in [0.25, 0.3) is 0 Å². The van der Waals surface area contributed by atoms with E-state index in [0.29, 0.717) is 0 Å². The maximum absolute atomic E-state index is 11.1. The number of hydrogen-bond acceptors (Lipinski definition) is 3. The number of hydrogen-bond donors (Lipinski definition) is 0. The van der Waals surface area contributed by atoms with Crippen LogP contribution in [0.15, 0.2) is 17.0 Å². The van der Waals surface area contributed by atoms with Crippen LogP contribution in [0.1, 0.15) is 5.56 Å². The Bertz CT molecular complexity index is 454. The van der Waals surface area contributed by atoms with Gasteiger partial charge in [-0.2, -0.15) is 0 Å². The summed E-state index contributed by atoms with van der Waals surface area (Å²) in [6.07, 6.45) is 0. The SMILES string of the molecule is COc1c(S(=O)(=O)Cl)ccc(C)c1Cl. The highest BCUT2D eigenvalue weighted by Gasteiger charge is 2.19. The molecule has 0 saturated heterocycles. The van der Waals surface area contributed by atoms with Crippen molar-refractivity contribution in [1.82, 2.24) is 0 Å². The van der Waals surface area contributed by atoms with Gasteiger partial charge in [0.2, 0.25) is 0 Å². The predicted octanol–water partition coefficient (Wildman–Crippen LogP) is 2.58. The molecule has 78 valence electrons. The fourth-order valence-corrected chi connectivity index (χ4v) is 2.32. The van der Waals surface area contributed by atoms with Crippen molar-refractivity contribution in [2.24, 2.45) is 0 Å². The molecule has 0 radical (unpaired) electrons. The van der Waals surface area contributed by atoms with Gasteiger partial charge in [0.25, 0.3) is 9.05 Å². The second kappa shape index (κ2) is 3.96. The third-order valence-electron chi connectivity index (χ3n) is 1.72. The summed E-state index contributed by atoms with van der Waals surface area (Å²) in [6.45, 7) is 1.75. The molecule has 6 heteroatoms. The van der Waals surface area contributed by atoms with Gasteiger partial charge in [0.05, 0.1) is 12.1 Å². The van der Waals surface area contributed by atoms with E-state index < -0.39 is 9.05 Å². The first-order chi connectivity index (χ1) is 6.38. The molecular weight excluding hydrogens is 247 g/mol. The van der Waals surface area contributed by atoms with Crippen molar-refractivity contribution < 1.29 is 13.2 Å². The molecule has 3 nitrogen and oxygen atoms in total. The van der Waals surface area contributed by atoms with Crippen molar-refractivity contribution >= 4 is 31.3 Å². The summed E-state index contributed by atoms with van der Waals surface area (Å²) in [4.78, 5) is -0.114. The van der Waals surface area contributed by atoms with Crippen LogP contribution < -0.4 is 4.74 Å². The van der Waals surface area contributed by atoms with Crippen molar-refractivity contribution in [3.8, 4) is 5.75 Å². The van der Waals surface area contributed by atoms with E-state index in [0.717, 1.165) is 5.56 Å². The van der Waals surface area contributed by atoms with E-state index in [2.05, 4.69) is 0 Å². The van der Waals surface area contributed by atoms with Gasteiger partial charge in [0, 0.05) is 10.7 Å². The Balaban J connectivity index is 3.55. The number of rotatable bonds is 2. The number of ether oxygens (including phenoxy) is 1. The number of halogens is 2. The van der Waals surface area contributed by atoms with Gasteiger partial charge in [-0.05, 0) is 18.6 Å². The normalized spacial score (nSPS) is 11.4. The molecule has 0 bridgehead atoms. The molecule has 0 fully saturated rings. The fourth-order valence-electron chi connectivity index (χ4n) is 1.02. The van der Waals surface area contributed by atoms with Gasteiger partial charge in [0.15, 0.2) is 5.75 Å². The number of methoxy groups -OCH3 is 1. The number of aryl methyl sites for hydroxylation is 1.